The average Bonchev–Trinajstić information content (AvgIpc) is 2.67. The van der Waals surface area contributed by atoms with Crippen molar-refractivity contribution in [2.45, 2.75) is 71.0 Å². The molecule has 0 aliphatic carbocycles. The second kappa shape index (κ2) is 11.4. The Kier molecular flexibility index (Phi) is 8.92. The molecule has 1 saturated heterocycles. The Balaban J connectivity index is 2.09. The molecule has 1 aromatic carbocycles. The van der Waals surface area contributed by atoms with Crippen LogP contribution in [-0.2, 0) is 19.1 Å². The third-order valence-corrected chi connectivity index (χ3v) is 4.88. The van der Waals surface area contributed by atoms with Gasteiger partial charge in [0.15, 0.2) is 5.78 Å². The molecule has 152 valence electrons. The van der Waals surface area contributed by atoms with E-state index >= 15 is 0 Å². The standard InChI is InChI=1S/C23H30O5/c1-3-4-6-11-20(24)14-12-18-13-15-22(25)27-17(2)16-21(18)28-23(26)19-9-7-5-8-10-19/h5,7-10,12,14,17-18,21H,3-4,6,11,13,15-16H2,1-2H3/b14-12+/t17-,18?,21-/m1/s1. The van der Waals surface area contributed by atoms with Crippen LogP contribution in [0.25, 0.3) is 0 Å². The number of rotatable bonds is 8. The van der Waals surface area contributed by atoms with Crippen LogP contribution in [0, 0.1) is 5.92 Å². The summed E-state index contributed by atoms with van der Waals surface area (Å²) in [7, 11) is 0. The lowest BCUT2D eigenvalue weighted by atomic mass is 9.90. The number of ether oxygens (including phenoxy) is 2. The highest BCUT2D eigenvalue weighted by Crippen LogP contribution is 2.26. The van der Waals surface area contributed by atoms with Gasteiger partial charge in [-0.1, -0.05) is 44.0 Å². The summed E-state index contributed by atoms with van der Waals surface area (Å²) >= 11 is 0. The number of unbranched alkanes of at least 4 members (excludes halogenated alkanes) is 2. The number of hydrogen-bond donors (Lipinski definition) is 0. The van der Waals surface area contributed by atoms with E-state index in [4.69, 9.17) is 9.47 Å². The number of cyclic esters (lactones) is 1. The number of hydrogen-bond acceptors (Lipinski definition) is 5. The molecule has 0 saturated carbocycles. The van der Waals surface area contributed by atoms with Gasteiger partial charge in [0.1, 0.15) is 12.2 Å². The number of ketones is 1. The molecule has 0 aromatic heterocycles. The molecule has 2 rings (SSSR count). The number of benzene rings is 1. The highest BCUT2D eigenvalue weighted by Gasteiger charge is 2.30. The summed E-state index contributed by atoms with van der Waals surface area (Å²) in [4.78, 5) is 36.5. The molecule has 3 atom stereocenters. The summed E-state index contributed by atoms with van der Waals surface area (Å²) in [6, 6.07) is 8.81. The molecule has 0 spiro atoms. The van der Waals surface area contributed by atoms with Crippen molar-refractivity contribution < 1.29 is 23.9 Å². The highest BCUT2D eigenvalue weighted by atomic mass is 16.6. The predicted octanol–water partition coefficient (Wildman–Crippen LogP) is 4.65. The molecular weight excluding hydrogens is 356 g/mol. The van der Waals surface area contributed by atoms with E-state index in [0.717, 1.165) is 19.3 Å². The van der Waals surface area contributed by atoms with E-state index in [1.807, 2.05) is 12.1 Å². The fourth-order valence-electron chi connectivity index (χ4n) is 3.30. The quantitative estimate of drug-likeness (QED) is 0.369. The molecule has 1 unspecified atom stereocenters. The van der Waals surface area contributed by atoms with Crippen LogP contribution < -0.4 is 0 Å². The third kappa shape index (κ3) is 7.29. The topological polar surface area (TPSA) is 69.7 Å². The fourth-order valence-corrected chi connectivity index (χ4v) is 3.30. The smallest absolute Gasteiger partial charge is 0.338 e. The van der Waals surface area contributed by atoms with Crippen molar-refractivity contribution in [3.05, 3.63) is 48.0 Å². The van der Waals surface area contributed by atoms with E-state index in [0.29, 0.717) is 24.8 Å². The van der Waals surface area contributed by atoms with Crippen molar-refractivity contribution in [1.82, 2.24) is 0 Å². The maximum absolute atomic E-state index is 12.5. The molecule has 1 heterocycles. The van der Waals surface area contributed by atoms with Gasteiger partial charge in [-0.15, -0.1) is 0 Å². The van der Waals surface area contributed by atoms with Crippen LogP contribution in [0.15, 0.2) is 42.5 Å². The van der Waals surface area contributed by atoms with E-state index in [2.05, 4.69) is 6.92 Å². The molecule has 0 amide bonds. The molecule has 1 aliphatic heterocycles. The number of carbonyl (C=O) groups is 3. The maximum atomic E-state index is 12.5. The summed E-state index contributed by atoms with van der Waals surface area (Å²) in [5.41, 5.74) is 0.479. The van der Waals surface area contributed by atoms with E-state index in [9.17, 15) is 14.4 Å². The Bertz CT molecular complexity index is 679. The number of esters is 2. The van der Waals surface area contributed by atoms with Crippen LogP contribution >= 0.6 is 0 Å². The first-order chi connectivity index (χ1) is 13.5. The fraction of sp³-hybridized carbons (Fsp3) is 0.522. The van der Waals surface area contributed by atoms with Crippen LogP contribution in [-0.4, -0.2) is 29.9 Å². The first kappa shape index (κ1) is 21.9. The minimum atomic E-state index is -0.449. The second-order valence-electron chi connectivity index (χ2n) is 7.33. The molecule has 5 heteroatoms. The predicted molar refractivity (Wildman–Crippen MR) is 107 cm³/mol. The normalized spacial score (nSPS) is 22.9. The van der Waals surface area contributed by atoms with Gasteiger partial charge in [0.05, 0.1) is 5.56 Å². The molecule has 0 bridgehead atoms. The first-order valence-corrected chi connectivity index (χ1v) is 10.2. The zero-order valence-electron chi connectivity index (χ0n) is 16.8. The van der Waals surface area contributed by atoms with E-state index in [1.54, 1.807) is 37.3 Å². The summed E-state index contributed by atoms with van der Waals surface area (Å²) < 4.78 is 11.1. The van der Waals surface area contributed by atoms with Crippen LogP contribution in [0.4, 0.5) is 0 Å². The lowest BCUT2D eigenvalue weighted by Gasteiger charge is -2.29. The Hall–Kier alpha value is -2.43. The Morgan fingerprint density at radius 3 is 2.68 bits per heavy atom. The van der Waals surface area contributed by atoms with Gasteiger partial charge in [-0.2, -0.15) is 0 Å². The van der Waals surface area contributed by atoms with Crippen molar-refractivity contribution in [3.8, 4) is 0 Å². The summed E-state index contributed by atoms with van der Waals surface area (Å²) in [6.07, 6.45) is 7.21. The third-order valence-electron chi connectivity index (χ3n) is 4.88. The Labute approximate surface area is 167 Å². The number of allylic oxidation sites excluding steroid dienone is 1. The van der Waals surface area contributed by atoms with Gasteiger partial charge in [-0.3, -0.25) is 9.59 Å². The molecule has 5 nitrogen and oxygen atoms in total. The van der Waals surface area contributed by atoms with E-state index in [1.165, 1.54) is 0 Å². The summed E-state index contributed by atoms with van der Waals surface area (Å²) in [5, 5.41) is 0. The highest BCUT2D eigenvalue weighted by molar-refractivity contribution is 5.90. The van der Waals surface area contributed by atoms with Crippen molar-refractivity contribution in [2.75, 3.05) is 0 Å². The maximum Gasteiger partial charge on any atom is 0.338 e. The summed E-state index contributed by atoms with van der Waals surface area (Å²) in [6.45, 7) is 3.89. The monoisotopic (exact) mass is 386 g/mol. The second-order valence-corrected chi connectivity index (χ2v) is 7.33. The van der Waals surface area contributed by atoms with E-state index < -0.39 is 12.1 Å². The van der Waals surface area contributed by atoms with Gasteiger partial charge in [-0.25, -0.2) is 4.79 Å². The Morgan fingerprint density at radius 2 is 1.96 bits per heavy atom. The number of carbonyl (C=O) groups excluding carboxylic acids is 3. The molecular formula is C23H30O5. The summed E-state index contributed by atoms with van der Waals surface area (Å²) in [5.74, 6) is -0.789. The Morgan fingerprint density at radius 1 is 1.21 bits per heavy atom. The van der Waals surface area contributed by atoms with Crippen molar-refractivity contribution in [3.63, 3.8) is 0 Å². The van der Waals surface area contributed by atoms with Crippen LogP contribution in [0.1, 0.15) is 69.2 Å². The zero-order valence-corrected chi connectivity index (χ0v) is 16.8. The van der Waals surface area contributed by atoms with Gasteiger partial charge in [0.2, 0.25) is 0 Å². The van der Waals surface area contributed by atoms with Gasteiger partial charge >= 0.3 is 11.9 Å². The van der Waals surface area contributed by atoms with Gasteiger partial charge in [0.25, 0.3) is 0 Å². The van der Waals surface area contributed by atoms with Crippen molar-refractivity contribution in [1.29, 1.82) is 0 Å². The molecule has 1 aromatic rings. The lowest BCUT2D eigenvalue weighted by molar-refractivity contribution is -0.152. The van der Waals surface area contributed by atoms with Crippen molar-refractivity contribution >= 4 is 17.7 Å². The molecule has 28 heavy (non-hydrogen) atoms. The molecule has 0 N–H and O–H groups in total. The SMILES string of the molecule is CCCCCC(=O)/C=C/C1CCC(=O)O[C@H](C)C[C@H]1OC(=O)c1ccccc1. The lowest BCUT2D eigenvalue weighted by Crippen LogP contribution is -2.34. The van der Waals surface area contributed by atoms with Crippen LogP contribution in [0.3, 0.4) is 0 Å². The molecule has 1 fully saturated rings. The van der Waals surface area contributed by atoms with Crippen LogP contribution in [0.5, 0.6) is 0 Å². The zero-order chi connectivity index (χ0) is 20.4. The average molecular weight is 386 g/mol. The minimum absolute atomic E-state index is 0.0688. The minimum Gasteiger partial charge on any atom is -0.463 e. The van der Waals surface area contributed by atoms with Crippen LogP contribution in [0.2, 0.25) is 0 Å². The first-order valence-electron chi connectivity index (χ1n) is 10.2. The van der Waals surface area contributed by atoms with E-state index in [-0.39, 0.29) is 30.2 Å². The van der Waals surface area contributed by atoms with Crippen molar-refractivity contribution in [2.24, 2.45) is 5.92 Å². The molecule has 1 aliphatic rings. The molecule has 0 radical (unpaired) electrons. The van der Waals surface area contributed by atoms with Gasteiger partial charge in [0, 0.05) is 25.2 Å². The van der Waals surface area contributed by atoms with Gasteiger partial charge < -0.3 is 9.47 Å². The van der Waals surface area contributed by atoms with Gasteiger partial charge in [-0.05, 0) is 38.0 Å². The largest absolute Gasteiger partial charge is 0.463 e.